The smallest absolute Gasteiger partial charge is 0.222 e. The number of benzene rings is 1. The van der Waals surface area contributed by atoms with E-state index in [0.717, 1.165) is 18.5 Å². The standard InChI is InChI=1S/C19H22N2O/c1-15-12-20-11-9-16(15)13-21-14-19(2,10-8-18(21)22)17-6-4-3-5-7-17/h3-7,9,11-12H,8,10,13-14H2,1-2H3/t19-/m1/s1. The van der Waals surface area contributed by atoms with Gasteiger partial charge in [-0.3, -0.25) is 9.78 Å². The highest BCUT2D eigenvalue weighted by atomic mass is 16.2. The summed E-state index contributed by atoms with van der Waals surface area (Å²) in [4.78, 5) is 18.5. The first-order valence-corrected chi connectivity index (χ1v) is 7.81. The second-order valence-electron chi connectivity index (χ2n) is 6.48. The van der Waals surface area contributed by atoms with Gasteiger partial charge in [0, 0.05) is 37.3 Å². The maximum atomic E-state index is 12.3. The van der Waals surface area contributed by atoms with Crippen LogP contribution in [0.2, 0.25) is 0 Å². The lowest BCUT2D eigenvalue weighted by Gasteiger charge is -2.41. The van der Waals surface area contributed by atoms with Gasteiger partial charge in [-0.15, -0.1) is 0 Å². The van der Waals surface area contributed by atoms with Crippen molar-refractivity contribution in [1.29, 1.82) is 0 Å². The highest BCUT2D eigenvalue weighted by Crippen LogP contribution is 2.34. The molecule has 0 N–H and O–H groups in total. The Hall–Kier alpha value is -2.16. The van der Waals surface area contributed by atoms with Crippen LogP contribution in [0.5, 0.6) is 0 Å². The van der Waals surface area contributed by atoms with Crippen LogP contribution >= 0.6 is 0 Å². The van der Waals surface area contributed by atoms with Crippen molar-refractivity contribution >= 4 is 5.91 Å². The number of amides is 1. The SMILES string of the molecule is Cc1cnccc1CN1C[C@](C)(c2ccccc2)CCC1=O. The summed E-state index contributed by atoms with van der Waals surface area (Å²) in [7, 11) is 0. The van der Waals surface area contributed by atoms with E-state index in [1.54, 1.807) is 6.20 Å². The van der Waals surface area contributed by atoms with E-state index in [2.05, 4.69) is 36.2 Å². The first-order valence-electron chi connectivity index (χ1n) is 7.81. The number of aromatic nitrogens is 1. The Kier molecular flexibility index (Phi) is 3.97. The molecule has 1 saturated heterocycles. The molecule has 3 heteroatoms. The third-order valence-corrected chi connectivity index (χ3v) is 4.75. The van der Waals surface area contributed by atoms with Gasteiger partial charge in [0.15, 0.2) is 0 Å². The predicted molar refractivity (Wildman–Crippen MR) is 87.4 cm³/mol. The van der Waals surface area contributed by atoms with Gasteiger partial charge in [0.1, 0.15) is 0 Å². The summed E-state index contributed by atoms with van der Waals surface area (Å²) in [6.07, 6.45) is 5.20. The number of nitrogens with zero attached hydrogens (tertiary/aromatic N) is 2. The molecule has 0 aliphatic carbocycles. The maximum absolute atomic E-state index is 12.3. The van der Waals surface area contributed by atoms with E-state index in [1.165, 1.54) is 11.1 Å². The monoisotopic (exact) mass is 294 g/mol. The van der Waals surface area contributed by atoms with Gasteiger partial charge in [-0.05, 0) is 36.1 Å². The second kappa shape index (κ2) is 5.91. The summed E-state index contributed by atoms with van der Waals surface area (Å²) in [6, 6.07) is 12.6. The molecule has 0 spiro atoms. The fraction of sp³-hybridized carbons (Fsp3) is 0.368. The summed E-state index contributed by atoms with van der Waals surface area (Å²) in [5.41, 5.74) is 3.68. The molecule has 2 aromatic rings. The maximum Gasteiger partial charge on any atom is 0.222 e. The number of rotatable bonds is 3. The molecule has 0 saturated carbocycles. The Morgan fingerprint density at radius 1 is 1.23 bits per heavy atom. The third kappa shape index (κ3) is 2.89. The summed E-state index contributed by atoms with van der Waals surface area (Å²) in [6.45, 7) is 5.77. The molecule has 0 unspecified atom stereocenters. The summed E-state index contributed by atoms with van der Waals surface area (Å²) in [5.74, 6) is 0.254. The van der Waals surface area contributed by atoms with E-state index < -0.39 is 0 Å². The zero-order valence-electron chi connectivity index (χ0n) is 13.2. The van der Waals surface area contributed by atoms with Crippen LogP contribution in [0.4, 0.5) is 0 Å². The molecule has 3 rings (SSSR count). The molecular formula is C19H22N2O. The number of piperidine rings is 1. The van der Waals surface area contributed by atoms with Crippen molar-refractivity contribution in [3.05, 3.63) is 65.5 Å². The zero-order valence-corrected chi connectivity index (χ0v) is 13.2. The largest absolute Gasteiger partial charge is 0.337 e. The zero-order chi connectivity index (χ0) is 15.6. The van der Waals surface area contributed by atoms with Gasteiger partial charge in [0.2, 0.25) is 5.91 Å². The molecule has 1 aromatic heterocycles. The van der Waals surface area contributed by atoms with E-state index in [0.29, 0.717) is 13.0 Å². The van der Waals surface area contributed by atoms with Gasteiger partial charge in [0.05, 0.1) is 0 Å². The summed E-state index contributed by atoms with van der Waals surface area (Å²) in [5, 5.41) is 0. The van der Waals surface area contributed by atoms with Crippen LogP contribution in [0.25, 0.3) is 0 Å². The van der Waals surface area contributed by atoms with Crippen LogP contribution < -0.4 is 0 Å². The van der Waals surface area contributed by atoms with Gasteiger partial charge in [-0.1, -0.05) is 37.3 Å². The number of likely N-dealkylation sites (tertiary alicyclic amines) is 1. The molecule has 1 aromatic carbocycles. The van der Waals surface area contributed by atoms with Crippen molar-refractivity contribution in [2.45, 2.75) is 38.6 Å². The van der Waals surface area contributed by atoms with Crippen molar-refractivity contribution < 1.29 is 4.79 Å². The van der Waals surface area contributed by atoms with Gasteiger partial charge >= 0.3 is 0 Å². The molecule has 114 valence electrons. The lowest BCUT2D eigenvalue weighted by molar-refractivity contribution is -0.136. The Bertz CT molecular complexity index is 668. The molecule has 22 heavy (non-hydrogen) atoms. The third-order valence-electron chi connectivity index (χ3n) is 4.75. The Morgan fingerprint density at radius 3 is 2.73 bits per heavy atom. The van der Waals surface area contributed by atoms with E-state index in [-0.39, 0.29) is 11.3 Å². The average Bonchev–Trinajstić information content (AvgIpc) is 2.54. The molecule has 1 atom stereocenters. The molecule has 0 bridgehead atoms. The lowest BCUT2D eigenvalue weighted by atomic mass is 9.75. The molecule has 2 heterocycles. The van der Waals surface area contributed by atoms with Crippen molar-refractivity contribution in [3.8, 4) is 0 Å². The number of carbonyl (C=O) groups excluding carboxylic acids is 1. The van der Waals surface area contributed by atoms with Crippen molar-refractivity contribution in [3.63, 3.8) is 0 Å². The number of pyridine rings is 1. The number of aryl methyl sites for hydroxylation is 1. The van der Waals surface area contributed by atoms with E-state index >= 15 is 0 Å². The van der Waals surface area contributed by atoms with Gasteiger partial charge < -0.3 is 4.90 Å². The summed E-state index contributed by atoms with van der Waals surface area (Å²) >= 11 is 0. The van der Waals surface area contributed by atoms with Crippen LogP contribution in [0.1, 0.15) is 36.5 Å². The normalized spacial score (nSPS) is 21.9. The van der Waals surface area contributed by atoms with Gasteiger partial charge in [-0.25, -0.2) is 0 Å². The molecule has 1 amide bonds. The van der Waals surface area contributed by atoms with Crippen LogP contribution in [-0.2, 0) is 16.8 Å². The van der Waals surface area contributed by atoms with Crippen LogP contribution in [0.15, 0.2) is 48.8 Å². The minimum Gasteiger partial charge on any atom is -0.337 e. The van der Waals surface area contributed by atoms with Crippen molar-refractivity contribution in [2.24, 2.45) is 0 Å². The first-order chi connectivity index (χ1) is 10.6. The topological polar surface area (TPSA) is 33.2 Å². The fourth-order valence-corrected chi connectivity index (χ4v) is 3.23. The first kappa shape index (κ1) is 14.8. The quantitative estimate of drug-likeness (QED) is 0.868. The van der Waals surface area contributed by atoms with Crippen LogP contribution in [0, 0.1) is 6.92 Å². The minimum atomic E-state index is 0.0378. The molecule has 1 fully saturated rings. The Labute approximate surface area is 132 Å². The highest BCUT2D eigenvalue weighted by Gasteiger charge is 2.36. The number of carbonyl (C=O) groups is 1. The van der Waals surface area contributed by atoms with Crippen LogP contribution in [0.3, 0.4) is 0 Å². The van der Waals surface area contributed by atoms with E-state index in [9.17, 15) is 4.79 Å². The van der Waals surface area contributed by atoms with E-state index in [4.69, 9.17) is 0 Å². The highest BCUT2D eigenvalue weighted by molar-refractivity contribution is 5.77. The predicted octanol–water partition coefficient (Wildman–Crippen LogP) is 3.47. The molecule has 1 aliphatic rings. The molecular weight excluding hydrogens is 272 g/mol. The molecule has 3 nitrogen and oxygen atoms in total. The van der Waals surface area contributed by atoms with Gasteiger partial charge in [0.25, 0.3) is 0 Å². The Balaban J connectivity index is 1.83. The molecule has 1 aliphatic heterocycles. The van der Waals surface area contributed by atoms with Crippen LogP contribution in [-0.4, -0.2) is 22.3 Å². The van der Waals surface area contributed by atoms with Crippen molar-refractivity contribution in [2.75, 3.05) is 6.54 Å². The number of hydrogen-bond acceptors (Lipinski definition) is 2. The van der Waals surface area contributed by atoms with E-state index in [1.807, 2.05) is 30.2 Å². The second-order valence-corrected chi connectivity index (χ2v) is 6.48. The average molecular weight is 294 g/mol. The fourth-order valence-electron chi connectivity index (χ4n) is 3.23. The van der Waals surface area contributed by atoms with Crippen molar-refractivity contribution in [1.82, 2.24) is 9.88 Å². The minimum absolute atomic E-state index is 0.0378. The number of hydrogen-bond donors (Lipinski definition) is 0. The Morgan fingerprint density at radius 2 is 2.00 bits per heavy atom. The lowest BCUT2D eigenvalue weighted by Crippen LogP contribution is -2.47. The molecule has 0 radical (unpaired) electrons. The summed E-state index contributed by atoms with van der Waals surface area (Å²) < 4.78 is 0. The van der Waals surface area contributed by atoms with Gasteiger partial charge in [-0.2, -0.15) is 0 Å².